The molecule has 0 heterocycles. The zero-order valence-corrected chi connectivity index (χ0v) is 8.53. The Labute approximate surface area is 82.7 Å². The molecule has 0 atom stereocenters. The van der Waals surface area contributed by atoms with Crippen LogP contribution < -0.4 is 5.73 Å². The van der Waals surface area contributed by atoms with E-state index in [1.54, 1.807) is 6.07 Å². The molecule has 0 bridgehead atoms. The Morgan fingerprint density at radius 1 is 1.46 bits per heavy atom. The molecule has 0 saturated carbocycles. The van der Waals surface area contributed by atoms with E-state index in [4.69, 9.17) is 17.3 Å². The first-order valence-corrected chi connectivity index (χ1v) is 4.49. The first kappa shape index (κ1) is 10.5. The van der Waals surface area contributed by atoms with Crippen LogP contribution in [0.25, 0.3) is 0 Å². The summed E-state index contributed by atoms with van der Waals surface area (Å²) >= 11 is 5.88. The number of halogens is 2. The third-order valence-corrected chi connectivity index (χ3v) is 2.02. The van der Waals surface area contributed by atoms with Crippen molar-refractivity contribution < 1.29 is 4.39 Å². The Hall–Kier alpha value is -0.600. The maximum atomic E-state index is 12.8. The smallest absolute Gasteiger partial charge is 0.123 e. The molecule has 2 N–H and O–H groups in total. The van der Waals surface area contributed by atoms with Crippen molar-refractivity contribution >= 4 is 11.6 Å². The third kappa shape index (κ3) is 3.33. The minimum atomic E-state index is -0.364. The number of rotatable bonds is 2. The molecule has 0 aliphatic carbocycles. The largest absolute Gasteiger partial charge is 0.325 e. The van der Waals surface area contributed by atoms with Gasteiger partial charge in [0.2, 0.25) is 0 Å². The summed E-state index contributed by atoms with van der Waals surface area (Å²) in [6.45, 7) is 3.77. The van der Waals surface area contributed by atoms with E-state index in [1.807, 2.05) is 13.8 Å². The minimum absolute atomic E-state index is 0.274. The van der Waals surface area contributed by atoms with Crippen molar-refractivity contribution in [1.82, 2.24) is 0 Å². The molecule has 0 aromatic heterocycles. The topological polar surface area (TPSA) is 26.0 Å². The SMILES string of the molecule is CC(C)(N)Cc1cc(F)ccc1Cl. The molecule has 1 nitrogen and oxygen atoms in total. The molecule has 0 radical (unpaired) electrons. The monoisotopic (exact) mass is 201 g/mol. The van der Waals surface area contributed by atoms with Crippen LogP contribution in [0.5, 0.6) is 0 Å². The highest BCUT2D eigenvalue weighted by molar-refractivity contribution is 6.31. The quantitative estimate of drug-likeness (QED) is 0.783. The summed E-state index contributed by atoms with van der Waals surface area (Å²) in [6.07, 6.45) is 0.573. The van der Waals surface area contributed by atoms with Gasteiger partial charge < -0.3 is 5.73 Å². The van der Waals surface area contributed by atoms with Gasteiger partial charge >= 0.3 is 0 Å². The average molecular weight is 202 g/mol. The van der Waals surface area contributed by atoms with Crippen LogP contribution in [0.15, 0.2) is 18.2 Å². The number of nitrogens with two attached hydrogens (primary N) is 1. The second kappa shape index (κ2) is 3.64. The normalized spacial score (nSPS) is 11.8. The second-order valence-electron chi connectivity index (χ2n) is 3.90. The van der Waals surface area contributed by atoms with Gasteiger partial charge in [0.15, 0.2) is 0 Å². The van der Waals surface area contributed by atoms with Crippen LogP contribution in [-0.4, -0.2) is 5.54 Å². The fourth-order valence-electron chi connectivity index (χ4n) is 1.17. The number of hydrogen-bond donors (Lipinski definition) is 1. The molecule has 3 heteroatoms. The maximum absolute atomic E-state index is 12.8. The fraction of sp³-hybridized carbons (Fsp3) is 0.400. The molecular formula is C10H13ClFN. The molecule has 0 fully saturated rings. The van der Waals surface area contributed by atoms with Crippen molar-refractivity contribution in [2.75, 3.05) is 0 Å². The van der Waals surface area contributed by atoms with E-state index in [0.29, 0.717) is 11.4 Å². The van der Waals surface area contributed by atoms with E-state index < -0.39 is 0 Å². The van der Waals surface area contributed by atoms with E-state index in [9.17, 15) is 4.39 Å². The van der Waals surface area contributed by atoms with Crippen molar-refractivity contribution in [1.29, 1.82) is 0 Å². The summed E-state index contributed by atoms with van der Waals surface area (Å²) in [5.41, 5.74) is 6.20. The van der Waals surface area contributed by atoms with Gasteiger partial charge in [0.25, 0.3) is 0 Å². The molecule has 1 aromatic carbocycles. The third-order valence-electron chi connectivity index (χ3n) is 1.65. The lowest BCUT2D eigenvalue weighted by Gasteiger charge is -2.19. The lowest BCUT2D eigenvalue weighted by atomic mass is 9.96. The molecule has 0 aliphatic heterocycles. The summed E-state index contributed by atoms with van der Waals surface area (Å²) in [7, 11) is 0. The Morgan fingerprint density at radius 2 is 2.08 bits per heavy atom. The number of benzene rings is 1. The van der Waals surface area contributed by atoms with Crippen LogP contribution in [0.3, 0.4) is 0 Å². The Bertz CT molecular complexity index is 304. The zero-order chi connectivity index (χ0) is 10.1. The predicted octanol–water partition coefficient (Wildman–Crippen LogP) is 2.76. The summed E-state index contributed by atoms with van der Waals surface area (Å²) in [5, 5.41) is 0.569. The van der Waals surface area contributed by atoms with Crippen molar-refractivity contribution in [3.8, 4) is 0 Å². The van der Waals surface area contributed by atoms with E-state index >= 15 is 0 Å². The lowest BCUT2D eigenvalue weighted by Crippen LogP contribution is -2.34. The summed E-state index contributed by atoms with van der Waals surface area (Å²) in [4.78, 5) is 0. The highest BCUT2D eigenvalue weighted by atomic mass is 35.5. The molecular weight excluding hydrogens is 189 g/mol. The highest BCUT2D eigenvalue weighted by Crippen LogP contribution is 2.20. The molecule has 1 rings (SSSR count). The van der Waals surface area contributed by atoms with E-state index in [2.05, 4.69) is 0 Å². The van der Waals surface area contributed by atoms with Crippen molar-refractivity contribution in [3.63, 3.8) is 0 Å². The summed E-state index contributed by atoms with van der Waals surface area (Å²) < 4.78 is 12.8. The Kier molecular flexibility index (Phi) is 2.94. The van der Waals surface area contributed by atoms with Crippen LogP contribution in [0.4, 0.5) is 4.39 Å². The van der Waals surface area contributed by atoms with Gasteiger partial charge in [-0.1, -0.05) is 11.6 Å². The minimum Gasteiger partial charge on any atom is -0.325 e. The van der Waals surface area contributed by atoms with E-state index in [0.717, 1.165) is 5.56 Å². The van der Waals surface area contributed by atoms with Gasteiger partial charge in [-0.3, -0.25) is 0 Å². The first-order chi connectivity index (χ1) is 5.88. The molecule has 0 spiro atoms. The molecule has 13 heavy (non-hydrogen) atoms. The lowest BCUT2D eigenvalue weighted by molar-refractivity contribution is 0.514. The van der Waals surface area contributed by atoms with Crippen LogP contribution >= 0.6 is 11.6 Å². The number of hydrogen-bond acceptors (Lipinski definition) is 1. The molecule has 0 saturated heterocycles. The van der Waals surface area contributed by atoms with E-state index in [-0.39, 0.29) is 11.4 Å². The first-order valence-electron chi connectivity index (χ1n) is 4.11. The standard InChI is InChI=1S/C10H13ClFN/c1-10(2,13)6-7-5-8(12)3-4-9(7)11/h3-5H,6,13H2,1-2H3. The molecule has 1 aromatic rings. The molecule has 0 amide bonds. The van der Waals surface area contributed by atoms with Crippen LogP contribution in [0, 0.1) is 5.82 Å². The Morgan fingerprint density at radius 3 is 2.62 bits per heavy atom. The van der Waals surface area contributed by atoms with Gasteiger partial charge in [0.05, 0.1) is 0 Å². The van der Waals surface area contributed by atoms with Gasteiger partial charge in [-0.05, 0) is 44.0 Å². The van der Waals surface area contributed by atoms with Gasteiger partial charge in [-0.15, -0.1) is 0 Å². The van der Waals surface area contributed by atoms with E-state index in [1.165, 1.54) is 12.1 Å². The van der Waals surface area contributed by atoms with Crippen LogP contribution in [-0.2, 0) is 6.42 Å². The summed E-state index contributed by atoms with van der Waals surface area (Å²) in [6, 6.07) is 4.32. The van der Waals surface area contributed by atoms with Crippen LogP contribution in [0.1, 0.15) is 19.4 Å². The Balaban J connectivity index is 2.94. The van der Waals surface area contributed by atoms with Crippen molar-refractivity contribution in [2.24, 2.45) is 5.73 Å². The van der Waals surface area contributed by atoms with Gasteiger partial charge in [0, 0.05) is 10.6 Å². The van der Waals surface area contributed by atoms with Crippen molar-refractivity contribution in [2.45, 2.75) is 25.8 Å². The van der Waals surface area contributed by atoms with Gasteiger partial charge in [-0.25, -0.2) is 4.39 Å². The zero-order valence-electron chi connectivity index (χ0n) is 7.77. The molecule has 0 unspecified atom stereocenters. The molecule has 72 valence electrons. The molecule has 0 aliphatic rings. The second-order valence-corrected chi connectivity index (χ2v) is 4.31. The van der Waals surface area contributed by atoms with Gasteiger partial charge in [-0.2, -0.15) is 0 Å². The fourth-order valence-corrected chi connectivity index (χ4v) is 1.35. The average Bonchev–Trinajstić information content (AvgIpc) is 1.94. The van der Waals surface area contributed by atoms with Gasteiger partial charge in [0.1, 0.15) is 5.82 Å². The summed E-state index contributed by atoms with van der Waals surface area (Å²) in [5.74, 6) is -0.274. The predicted molar refractivity (Wildman–Crippen MR) is 53.4 cm³/mol. The van der Waals surface area contributed by atoms with Crippen LogP contribution in [0.2, 0.25) is 5.02 Å². The maximum Gasteiger partial charge on any atom is 0.123 e. The highest BCUT2D eigenvalue weighted by Gasteiger charge is 2.14. The van der Waals surface area contributed by atoms with Crippen molar-refractivity contribution in [3.05, 3.63) is 34.6 Å².